The van der Waals surface area contributed by atoms with Crippen molar-refractivity contribution in [3.05, 3.63) is 46.1 Å². The van der Waals surface area contributed by atoms with Gasteiger partial charge in [0.15, 0.2) is 0 Å². The van der Waals surface area contributed by atoms with E-state index in [1.165, 1.54) is 0 Å². The van der Waals surface area contributed by atoms with E-state index in [9.17, 15) is 0 Å². The van der Waals surface area contributed by atoms with Gasteiger partial charge in [0.1, 0.15) is 5.82 Å². The van der Waals surface area contributed by atoms with Gasteiger partial charge in [-0.05, 0) is 30.7 Å². The van der Waals surface area contributed by atoms with Crippen LogP contribution in [-0.2, 0) is 0 Å². The maximum Gasteiger partial charge on any atom is 0.132 e. The number of rotatable bonds is 2. The number of nitrogens with zero attached hydrogens (tertiary/aromatic N) is 1. The number of aromatic nitrogens is 1. The van der Waals surface area contributed by atoms with Gasteiger partial charge in [0.25, 0.3) is 0 Å². The molecule has 1 heterocycles. The molecule has 1 aromatic carbocycles. The van der Waals surface area contributed by atoms with Crippen LogP contribution in [0.1, 0.15) is 5.56 Å². The highest BCUT2D eigenvalue weighted by Gasteiger charge is 2.05. The Morgan fingerprint density at radius 3 is 2.65 bits per heavy atom. The first-order valence-corrected chi connectivity index (χ1v) is 5.76. The van der Waals surface area contributed by atoms with Gasteiger partial charge in [-0.1, -0.05) is 23.2 Å². The van der Waals surface area contributed by atoms with Crippen LogP contribution in [0.15, 0.2) is 30.5 Å². The van der Waals surface area contributed by atoms with Crippen molar-refractivity contribution in [3.63, 3.8) is 0 Å². The molecule has 0 saturated carbocycles. The molecule has 1 aromatic heterocycles. The molecule has 3 N–H and O–H groups in total. The minimum absolute atomic E-state index is 0.594. The summed E-state index contributed by atoms with van der Waals surface area (Å²) >= 11 is 12.2. The van der Waals surface area contributed by atoms with Gasteiger partial charge < -0.3 is 11.1 Å². The number of nitrogen functional groups attached to an aromatic ring is 1. The highest BCUT2D eigenvalue weighted by atomic mass is 35.5. The van der Waals surface area contributed by atoms with Crippen LogP contribution in [0, 0.1) is 6.92 Å². The van der Waals surface area contributed by atoms with Crippen molar-refractivity contribution in [2.45, 2.75) is 6.92 Å². The number of pyridine rings is 1. The van der Waals surface area contributed by atoms with Crippen LogP contribution in [0.25, 0.3) is 0 Å². The summed E-state index contributed by atoms with van der Waals surface area (Å²) < 4.78 is 0. The van der Waals surface area contributed by atoms with Gasteiger partial charge in [-0.15, -0.1) is 0 Å². The van der Waals surface area contributed by atoms with Crippen molar-refractivity contribution in [2.75, 3.05) is 11.1 Å². The van der Waals surface area contributed by atoms with E-state index in [2.05, 4.69) is 10.3 Å². The predicted molar refractivity (Wildman–Crippen MR) is 73.1 cm³/mol. The van der Waals surface area contributed by atoms with E-state index >= 15 is 0 Å². The van der Waals surface area contributed by atoms with Crippen molar-refractivity contribution in [1.29, 1.82) is 0 Å². The highest BCUT2D eigenvalue weighted by Crippen LogP contribution is 2.30. The quantitative estimate of drug-likeness (QED) is 0.864. The van der Waals surface area contributed by atoms with Crippen LogP contribution < -0.4 is 11.1 Å². The zero-order chi connectivity index (χ0) is 12.4. The van der Waals surface area contributed by atoms with E-state index in [1.54, 1.807) is 30.5 Å². The van der Waals surface area contributed by atoms with Crippen LogP contribution in [-0.4, -0.2) is 4.98 Å². The molecule has 0 aliphatic rings. The fraction of sp³-hybridized carbons (Fsp3) is 0.0833. The molecule has 0 fully saturated rings. The number of nitrogens with one attached hydrogen (secondary N) is 1. The molecule has 0 bridgehead atoms. The molecular formula is C12H11Cl2N3. The SMILES string of the molecule is Cc1cc(Cl)c(Nc2cc(N)ccn2)cc1Cl. The minimum atomic E-state index is 0.594. The lowest BCUT2D eigenvalue weighted by Crippen LogP contribution is -1.96. The molecule has 3 nitrogen and oxygen atoms in total. The summed E-state index contributed by atoms with van der Waals surface area (Å²) in [7, 11) is 0. The number of nitrogens with two attached hydrogens (primary N) is 1. The van der Waals surface area contributed by atoms with E-state index < -0.39 is 0 Å². The van der Waals surface area contributed by atoms with Crippen molar-refractivity contribution in [1.82, 2.24) is 4.98 Å². The number of benzene rings is 1. The standard InChI is InChI=1S/C12H11Cl2N3/c1-7-4-10(14)11(6-9(7)13)17-12-5-8(15)2-3-16-12/h2-6H,1H3,(H3,15,16,17). The third-order valence-corrected chi connectivity index (χ3v) is 3.01. The van der Waals surface area contributed by atoms with Gasteiger partial charge in [-0.25, -0.2) is 4.98 Å². The van der Waals surface area contributed by atoms with Crippen LogP contribution >= 0.6 is 23.2 Å². The summed E-state index contributed by atoms with van der Waals surface area (Å²) in [6.45, 7) is 1.90. The smallest absolute Gasteiger partial charge is 0.132 e. The van der Waals surface area contributed by atoms with Gasteiger partial charge in [-0.3, -0.25) is 0 Å². The molecule has 0 aliphatic carbocycles. The molecule has 0 radical (unpaired) electrons. The van der Waals surface area contributed by atoms with Crippen LogP contribution in [0.3, 0.4) is 0 Å². The molecule has 5 heteroatoms. The van der Waals surface area contributed by atoms with E-state index in [-0.39, 0.29) is 0 Å². The average molecular weight is 268 g/mol. The third kappa shape index (κ3) is 2.81. The highest BCUT2D eigenvalue weighted by molar-refractivity contribution is 6.35. The Balaban J connectivity index is 2.33. The van der Waals surface area contributed by atoms with E-state index in [1.807, 2.05) is 6.92 Å². The summed E-state index contributed by atoms with van der Waals surface area (Å²) in [5, 5.41) is 4.32. The fourth-order valence-corrected chi connectivity index (χ4v) is 1.82. The number of hydrogen-bond donors (Lipinski definition) is 2. The first-order chi connectivity index (χ1) is 8.06. The van der Waals surface area contributed by atoms with Gasteiger partial charge in [-0.2, -0.15) is 0 Å². The average Bonchev–Trinajstić information content (AvgIpc) is 2.26. The Bertz CT molecular complexity index is 555. The molecule has 0 aliphatic heterocycles. The van der Waals surface area contributed by atoms with Crippen LogP contribution in [0.4, 0.5) is 17.2 Å². The molecular weight excluding hydrogens is 257 g/mol. The molecule has 0 spiro atoms. The first kappa shape index (κ1) is 12.0. The van der Waals surface area contributed by atoms with E-state index in [0.717, 1.165) is 5.56 Å². The number of aryl methyl sites for hydroxylation is 1. The van der Waals surface area contributed by atoms with Crippen molar-refractivity contribution < 1.29 is 0 Å². The van der Waals surface area contributed by atoms with Crippen molar-refractivity contribution in [3.8, 4) is 0 Å². The summed E-state index contributed by atoms with van der Waals surface area (Å²) in [4.78, 5) is 4.14. The molecule has 0 unspecified atom stereocenters. The number of halogens is 2. The fourth-order valence-electron chi connectivity index (χ4n) is 1.40. The predicted octanol–water partition coefficient (Wildman–Crippen LogP) is 4.02. The Kier molecular flexibility index (Phi) is 3.41. The molecule has 88 valence electrons. The van der Waals surface area contributed by atoms with Crippen molar-refractivity contribution in [2.24, 2.45) is 0 Å². The van der Waals surface area contributed by atoms with E-state index in [0.29, 0.717) is 27.2 Å². The van der Waals surface area contributed by atoms with Crippen LogP contribution in [0.2, 0.25) is 10.0 Å². The summed E-state index contributed by atoms with van der Waals surface area (Å²) in [6, 6.07) is 7.02. The lowest BCUT2D eigenvalue weighted by atomic mass is 10.2. The second-order valence-electron chi connectivity index (χ2n) is 3.68. The Morgan fingerprint density at radius 2 is 1.94 bits per heavy atom. The molecule has 17 heavy (non-hydrogen) atoms. The normalized spacial score (nSPS) is 10.3. The molecule has 2 aromatic rings. The second kappa shape index (κ2) is 4.82. The summed E-state index contributed by atoms with van der Waals surface area (Å²) in [5.41, 5.74) is 7.94. The van der Waals surface area contributed by atoms with Gasteiger partial charge in [0.05, 0.1) is 10.7 Å². The Hall–Kier alpha value is -1.45. The topological polar surface area (TPSA) is 50.9 Å². The van der Waals surface area contributed by atoms with Gasteiger partial charge in [0.2, 0.25) is 0 Å². The molecule has 0 saturated heterocycles. The lowest BCUT2D eigenvalue weighted by molar-refractivity contribution is 1.31. The first-order valence-electron chi connectivity index (χ1n) is 5.00. The van der Waals surface area contributed by atoms with Gasteiger partial charge in [0, 0.05) is 23.0 Å². The number of hydrogen-bond acceptors (Lipinski definition) is 3. The maximum atomic E-state index is 6.11. The zero-order valence-electron chi connectivity index (χ0n) is 9.17. The van der Waals surface area contributed by atoms with Gasteiger partial charge >= 0.3 is 0 Å². The molecule has 2 rings (SSSR count). The number of anilines is 3. The molecule has 0 amide bonds. The van der Waals surface area contributed by atoms with Crippen LogP contribution in [0.5, 0.6) is 0 Å². The van der Waals surface area contributed by atoms with Crippen molar-refractivity contribution >= 4 is 40.4 Å². The summed E-state index contributed by atoms with van der Waals surface area (Å²) in [5.74, 6) is 0.631. The Morgan fingerprint density at radius 1 is 1.18 bits per heavy atom. The third-order valence-electron chi connectivity index (χ3n) is 2.30. The Labute approximate surface area is 110 Å². The zero-order valence-corrected chi connectivity index (χ0v) is 10.7. The summed E-state index contributed by atoms with van der Waals surface area (Å²) in [6.07, 6.45) is 1.63. The largest absolute Gasteiger partial charge is 0.399 e. The lowest BCUT2D eigenvalue weighted by Gasteiger charge is -2.09. The van der Waals surface area contributed by atoms with E-state index in [4.69, 9.17) is 28.9 Å². The second-order valence-corrected chi connectivity index (χ2v) is 4.50. The monoisotopic (exact) mass is 267 g/mol. The maximum absolute atomic E-state index is 6.11. The minimum Gasteiger partial charge on any atom is -0.399 e. The molecule has 0 atom stereocenters.